The number of hydrogen-bond donors (Lipinski definition) is 2. The number of nitrogens with zero attached hydrogens (tertiary/aromatic N) is 1. The van der Waals surface area contributed by atoms with Crippen molar-refractivity contribution in [1.29, 1.82) is 0 Å². The fraction of sp³-hybridized carbons (Fsp3) is 0.176. The lowest BCUT2D eigenvalue weighted by Gasteiger charge is -2.05. The molecule has 6 heteroatoms. The smallest absolute Gasteiger partial charge is 0.260 e. The van der Waals surface area contributed by atoms with Gasteiger partial charge in [0, 0.05) is 17.1 Å². The Morgan fingerprint density at radius 2 is 1.83 bits per heavy atom. The van der Waals surface area contributed by atoms with Gasteiger partial charge in [-0.1, -0.05) is 59.2 Å². The topological polar surface area (TPSA) is 76.7 Å². The number of halogens is 1. The Balaban J connectivity index is 1.68. The van der Waals surface area contributed by atoms with Crippen LogP contribution in [-0.2, 0) is 16.1 Å². The minimum Gasteiger partial charge on any atom is -0.384 e. The van der Waals surface area contributed by atoms with Crippen LogP contribution < -0.4 is 11.1 Å². The first-order valence-corrected chi connectivity index (χ1v) is 7.55. The molecule has 0 unspecified atom stereocenters. The maximum absolute atomic E-state index is 11.6. The molecule has 0 aliphatic heterocycles. The van der Waals surface area contributed by atoms with Gasteiger partial charge in [-0.25, -0.2) is 0 Å². The Labute approximate surface area is 140 Å². The van der Waals surface area contributed by atoms with Crippen molar-refractivity contribution in [3.63, 3.8) is 0 Å². The van der Waals surface area contributed by atoms with E-state index in [-0.39, 0.29) is 18.3 Å². The van der Waals surface area contributed by atoms with E-state index in [9.17, 15) is 4.79 Å². The number of benzene rings is 2. The Bertz CT molecular complexity index is 657. The Kier molecular flexibility index (Phi) is 6.44. The van der Waals surface area contributed by atoms with E-state index in [0.717, 1.165) is 17.5 Å². The molecule has 0 spiro atoms. The molecule has 5 nitrogen and oxygen atoms in total. The minimum absolute atomic E-state index is 0.172. The number of carbonyl (C=O) groups excluding carboxylic acids is 1. The summed E-state index contributed by atoms with van der Waals surface area (Å²) in [7, 11) is 0. The molecular formula is C17H18ClN3O2. The van der Waals surface area contributed by atoms with Gasteiger partial charge < -0.3 is 15.9 Å². The zero-order valence-corrected chi connectivity index (χ0v) is 13.3. The van der Waals surface area contributed by atoms with Crippen molar-refractivity contribution >= 4 is 23.3 Å². The molecule has 0 fully saturated rings. The molecule has 120 valence electrons. The first-order chi connectivity index (χ1) is 11.1. The van der Waals surface area contributed by atoms with Crippen LogP contribution in [0.1, 0.15) is 11.1 Å². The van der Waals surface area contributed by atoms with Gasteiger partial charge in [-0.2, -0.15) is 0 Å². The first kappa shape index (κ1) is 16.8. The average molecular weight is 332 g/mol. The Hall–Kier alpha value is -2.53. The van der Waals surface area contributed by atoms with Crippen LogP contribution in [0.4, 0.5) is 0 Å². The van der Waals surface area contributed by atoms with Crippen molar-refractivity contribution in [3.8, 4) is 0 Å². The zero-order valence-electron chi connectivity index (χ0n) is 12.5. The normalized spacial score (nSPS) is 11.1. The van der Waals surface area contributed by atoms with Crippen molar-refractivity contribution in [1.82, 2.24) is 5.32 Å². The molecule has 0 aliphatic rings. The lowest BCUT2D eigenvalue weighted by atomic mass is 10.1. The first-order valence-electron chi connectivity index (χ1n) is 7.17. The molecule has 2 aromatic rings. The second-order valence-corrected chi connectivity index (χ2v) is 5.28. The minimum atomic E-state index is -0.247. The van der Waals surface area contributed by atoms with E-state index < -0.39 is 0 Å². The average Bonchev–Trinajstić information content (AvgIpc) is 2.57. The summed E-state index contributed by atoms with van der Waals surface area (Å²) in [5.74, 6) is -0.0110. The molecule has 0 aromatic heterocycles. The molecular weight excluding hydrogens is 314 g/mol. The van der Waals surface area contributed by atoms with Crippen molar-refractivity contribution in [3.05, 3.63) is 70.7 Å². The summed E-state index contributed by atoms with van der Waals surface area (Å²) in [6.45, 7) is 0.343. The van der Waals surface area contributed by atoms with Gasteiger partial charge in [-0.15, -0.1) is 0 Å². The maximum atomic E-state index is 11.6. The molecule has 0 aliphatic carbocycles. The highest BCUT2D eigenvalue weighted by Crippen LogP contribution is 2.09. The number of amidine groups is 1. The lowest BCUT2D eigenvalue weighted by Crippen LogP contribution is -2.29. The highest BCUT2D eigenvalue weighted by molar-refractivity contribution is 6.30. The maximum Gasteiger partial charge on any atom is 0.260 e. The van der Waals surface area contributed by atoms with Gasteiger partial charge in [0.05, 0.1) is 0 Å². The summed E-state index contributed by atoms with van der Waals surface area (Å²) < 4.78 is 0. The van der Waals surface area contributed by atoms with Crippen LogP contribution in [0.2, 0.25) is 5.02 Å². The monoisotopic (exact) mass is 331 g/mol. The molecule has 0 radical (unpaired) electrons. The molecule has 0 saturated carbocycles. The summed E-state index contributed by atoms with van der Waals surface area (Å²) in [5.41, 5.74) is 7.60. The zero-order chi connectivity index (χ0) is 16.5. The van der Waals surface area contributed by atoms with Crippen LogP contribution in [0.15, 0.2) is 59.8 Å². The van der Waals surface area contributed by atoms with Crippen LogP contribution in [0.25, 0.3) is 0 Å². The van der Waals surface area contributed by atoms with Gasteiger partial charge in [-0.3, -0.25) is 4.79 Å². The van der Waals surface area contributed by atoms with Gasteiger partial charge in [0.2, 0.25) is 0 Å². The van der Waals surface area contributed by atoms with Crippen molar-refractivity contribution in [2.75, 3.05) is 13.2 Å². The Morgan fingerprint density at radius 3 is 2.52 bits per heavy atom. The van der Waals surface area contributed by atoms with E-state index in [1.165, 1.54) is 0 Å². The van der Waals surface area contributed by atoms with Gasteiger partial charge >= 0.3 is 0 Å². The van der Waals surface area contributed by atoms with E-state index in [1.807, 2.05) is 54.6 Å². The number of hydrogen-bond acceptors (Lipinski definition) is 3. The van der Waals surface area contributed by atoms with Gasteiger partial charge in [0.15, 0.2) is 12.4 Å². The third kappa shape index (κ3) is 6.00. The number of carbonyl (C=O) groups is 1. The third-order valence-electron chi connectivity index (χ3n) is 3.08. The van der Waals surface area contributed by atoms with Crippen molar-refractivity contribution < 1.29 is 9.63 Å². The van der Waals surface area contributed by atoms with E-state index in [4.69, 9.17) is 22.2 Å². The summed E-state index contributed by atoms with van der Waals surface area (Å²) in [4.78, 5) is 16.6. The molecule has 0 atom stereocenters. The molecule has 2 rings (SSSR count). The predicted octanol–water partition coefficient (Wildman–Crippen LogP) is 2.34. The van der Waals surface area contributed by atoms with Gasteiger partial charge in [0.25, 0.3) is 5.91 Å². The SMILES string of the molecule is N/C(=N/OCC(=O)NCCc1ccc(Cl)cc1)c1ccccc1. The summed E-state index contributed by atoms with van der Waals surface area (Å²) in [6.07, 6.45) is 0.721. The molecule has 0 saturated heterocycles. The van der Waals surface area contributed by atoms with Crippen molar-refractivity contribution in [2.24, 2.45) is 10.9 Å². The van der Waals surface area contributed by atoms with Gasteiger partial charge in [-0.05, 0) is 24.1 Å². The van der Waals surface area contributed by atoms with E-state index in [1.54, 1.807) is 0 Å². The second-order valence-electron chi connectivity index (χ2n) is 4.84. The van der Waals surface area contributed by atoms with Crippen LogP contribution in [-0.4, -0.2) is 24.9 Å². The van der Waals surface area contributed by atoms with Crippen LogP contribution in [0, 0.1) is 0 Å². The molecule has 0 bridgehead atoms. The second kappa shape index (κ2) is 8.80. The molecule has 1 amide bonds. The predicted molar refractivity (Wildman–Crippen MR) is 91.3 cm³/mol. The van der Waals surface area contributed by atoms with E-state index in [2.05, 4.69) is 10.5 Å². The third-order valence-corrected chi connectivity index (χ3v) is 3.33. The van der Waals surface area contributed by atoms with E-state index in [0.29, 0.717) is 11.6 Å². The molecule has 0 heterocycles. The number of nitrogens with one attached hydrogen (secondary N) is 1. The van der Waals surface area contributed by atoms with Crippen LogP contribution in [0.5, 0.6) is 0 Å². The number of oxime groups is 1. The Morgan fingerprint density at radius 1 is 1.13 bits per heavy atom. The fourth-order valence-electron chi connectivity index (χ4n) is 1.87. The fourth-order valence-corrected chi connectivity index (χ4v) is 2.00. The van der Waals surface area contributed by atoms with Crippen LogP contribution >= 0.6 is 11.6 Å². The highest BCUT2D eigenvalue weighted by atomic mass is 35.5. The van der Waals surface area contributed by atoms with E-state index >= 15 is 0 Å². The summed E-state index contributed by atoms with van der Waals surface area (Å²) in [6, 6.07) is 16.7. The number of nitrogens with two attached hydrogens (primary N) is 1. The molecule has 3 N–H and O–H groups in total. The van der Waals surface area contributed by atoms with Gasteiger partial charge in [0.1, 0.15) is 0 Å². The highest BCUT2D eigenvalue weighted by Gasteiger charge is 2.02. The standard InChI is InChI=1S/C17H18ClN3O2/c18-15-8-6-13(7-9-15)10-11-20-16(22)12-23-21-17(19)14-4-2-1-3-5-14/h1-9H,10-12H2,(H2,19,21)(H,20,22). The largest absolute Gasteiger partial charge is 0.384 e. The molecule has 2 aromatic carbocycles. The molecule has 23 heavy (non-hydrogen) atoms. The number of amides is 1. The summed E-state index contributed by atoms with van der Waals surface area (Å²) in [5, 5.41) is 7.18. The summed E-state index contributed by atoms with van der Waals surface area (Å²) >= 11 is 5.81. The number of rotatable bonds is 7. The quantitative estimate of drug-likeness (QED) is 0.464. The van der Waals surface area contributed by atoms with Crippen molar-refractivity contribution in [2.45, 2.75) is 6.42 Å². The lowest BCUT2D eigenvalue weighted by molar-refractivity contribution is -0.125. The van der Waals surface area contributed by atoms with Crippen LogP contribution in [0.3, 0.4) is 0 Å².